The molecule has 31 heavy (non-hydrogen) atoms. The SMILES string of the molecule is Cc1ccc(C(=O)NCCn2cc(SC(C)c3ccccc3)c3ccccc32)cc1C. The zero-order chi connectivity index (χ0) is 21.8. The highest BCUT2D eigenvalue weighted by Gasteiger charge is 2.14. The molecule has 0 aliphatic rings. The first-order chi connectivity index (χ1) is 15.0. The van der Waals surface area contributed by atoms with Gasteiger partial charge in [-0.15, -0.1) is 11.8 Å². The molecule has 0 fully saturated rings. The van der Waals surface area contributed by atoms with Gasteiger partial charge in [0.25, 0.3) is 5.91 Å². The second-order valence-electron chi connectivity index (χ2n) is 7.93. The van der Waals surface area contributed by atoms with Gasteiger partial charge in [0.15, 0.2) is 0 Å². The Bertz CT molecular complexity index is 1200. The number of rotatable bonds is 7. The molecule has 1 aromatic heterocycles. The molecule has 4 heteroatoms. The van der Waals surface area contributed by atoms with Crippen LogP contribution >= 0.6 is 11.8 Å². The molecule has 0 radical (unpaired) electrons. The minimum absolute atomic E-state index is 0.0214. The van der Waals surface area contributed by atoms with Gasteiger partial charge < -0.3 is 9.88 Å². The lowest BCUT2D eigenvalue weighted by Gasteiger charge is -2.10. The van der Waals surface area contributed by atoms with Crippen molar-refractivity contribution in [3.63, 3.8) is 0 Å². The van der Waals surface area contributed by atoms with E-state index in [0.29, 0.717) is 17.4 Å². The zero-order valence-electron chi connectivity index (χ0n) is 18.3. The van der Waals surface area contributed by atoms with E-state index in [9.17, 15) is 4.79 Å². The fourth-order valence-corrected chi connectivity index (χ4v) is 4.91. The fourth-order valence-electron chi connectivity index (χ4n) is 3.75. The first-order valence-electron chi connectivity index (χ1n) is 10.7. The smallest absolute Gasteiger partial charge is 0.251 e. The number of carbonyl (C=O) groups excluding carboxylic acids is 1. The van der Waals surface area contributed by atoms with E-state index in [2.05, 4.69) is 84.5 Å². The first kappa shape index (κ1) is 21.3. The van der Waals surface area contributed by atoms with Crippen LogP contribution in [0.25, 0.3) is 10.9 Å². The topological polar surface area (TPSA) is 34.0 Å². The maximum atomic E-state index is 12.5. The maximum Gasteiger partial charge on any atom is 0.251 e. The van der Waals surface area contributed by atoms with E-state index in [1.165, 1.54) is 26.9 Å². The molecule has 0 bridgehead atoms. The van der Waals surface area contributed by atoms with Gasteiger partial charge in [0.2, 0.25) is 0 Å². The second-order valence-corrected chi connectivity index (χ2v) is 9.31. The first-order valence-corrected chi connectivity index (χ1v) is 11.6. The van der Waals surface area contributed by atoms with Crippen LogP contribution in [0.4, 0.5) is 0 Å². The Morgan fingerprint density at radius 2 is 1.71 bits per heavy atom. The van der Waals surface area contributed by atoms with E-state index >= 15 is 0 Å². The standard InChI is InChI=1S/C27H28N2OS/c1-19-13-14-23(17-20(19)2)27(30)28-15-16-29-18-26(24-11-7-8-12-25(24)29)31-21(3)22-9-5-4-6-10-22/h4-14,17-18,21H,15-16H2,1-3H3,(H,28,30). The van der Waals surface area contributed by atoms with Gasteiger partial charge in [0, 0.05) is 45.9 Å². The highest BCUT2D eigenvalue weighted by atomic mass is 32.2. The molecule has 158 valence electrons. The van der Waals surface area contributed by atoms with Crippen LogP contribution in [-0.2, 0) is 6.54 Å². The van der Waals surface area contributed by atoms with Gasteiger partial charge in [-0.05, 0) is 55.7 Å². The van der Waals surface area contributed by atoms with Crippen molar-refractivity contribution in [3.8, 4) is 0 Å². The van der Waals surface area contributed by atoms with Crippen LogP contribution in [-0.4, -0.2) is 17.0 Å². The molecule has 1 heterocycles. The van der Waals surface area contributed by atoms with E-state index in [1.807, 2.05) is 36.9 Å². The zero-order valence-corrected chi connectivity index (χ0v) is 19.1. The number of benzene rings is 3. The molecule has 0 saturated heterocycles. The highest BCUT2D eigenvalue weighted by molar-refractivity contribution is 7.99. The van der Waals surface area contributed by atoms with Crippen LogP contribution in [0, 0.1) is 13.8 Å². The van der Waals surface area contributed by atoms with Gasteiger partial charge in [0.1, 0.15) is 0 Å². The van der Waals surface area contributed by atoms with E-state index in [1.54, 1.807) is 0 Å². The Morgan fingerprint density at radius 3 is 2.48 bits per heavy atom. The number of fused-ring (bicyclic) bond motifs is 1. The summed E-state index contributed by atoms with van der Waals surface area (Å²) in [6.07, 6.45) is 2.22. The molecule has 3 nitrogen and oxygen atoms in total. The normalized spacial score (nSPS) is 12.1. The quantitative estimate of drug-likeness (QED) is 0.339. The van der Waals surface area contributed by atoms with Crippen LogP contribution in [0.1, 0.15) is 39.2 Å². The van der Waals surface area contributed by atoms with Crippen molar-refractivity contribution < 1.29 is 4.79 Å². The molecule has 4 rings (SSSR count). The minimum atomic E-state index is -0.0214. The van der Waals surface area contributed by atoms with E-state index < -0.39 is 0 Å². The van der Waals surface area contributed by atoms with Crippen molar-refractivity contribution in [3.05, 3.63) is 101 Å². The second kappa shape index (κ2) is 9.44. The van der Waals surface area contributed by atoms with Crippen molar-refractivity contribution in [2.45, 2.75) is 37.5 Å². The number of amides is 1. The number of carbonyl (C=O) groups is 1. The van der Waals surface area contributed by atoms with E-state index in [-0.39, 0.29) is 5.91 Å². The molecule has 1 N–H and O–H groups in total. The Morgan fingerprint density at radius 1 is 0.968 bits per heavy atom. The average Bonchev–Trinajstić information content (AvgIpc) is 3.13. The minimum Gasteiger partial charge on any atom is -0.350 e. The summed E-state index contributed by atoms with van der Waals surface area (Å²) in [5.74, 6) is -0.0214. The summed E-state index contributed by atoms with van der Waals surface area (Å²) in [6.45, 7) is 7.66. The van der Waals surface area contributed by atoms with E-state index in [0.717, 1.165) is 12.1 Å². The molecule has 1 unspecified atom stereocenters. The molecule has 4 aromatic rings. The lowest BCUT2D eigenvalue weighted by atomic mass is 10.1. The Kier molecular flexibility index (Phi) is 6.47. The predicted octanol–water partition coefficient (Wildman–Crippen LogP) is 6.54. The molecule has 1 amide bonds. The maximum absolute atomic E-state index is 12.5. The molecule has 1 atom stereocenters. The highest BCUT2D eigenvalue weighted by Crippen LogP contribution is 2.39. The number of nitrogens with zero attached hydrogens (tertiary/aromatic N) is 1. The van der Waals surface area contributed by atoms with Crippen LogP contribution in [0.5, 0.6) is 0 Å². The lowest BCUT2D eigenvalue weighted by molar-refractivity contribution is 0.0952. The molecule has 0 saturated carbocycles. The van der Waals surface area contributed by atoms with Gasteiger partial charge in [-0.25, -0.2) is 0 Å². The molecular formula is C27H28N2OS. The third-order valence-corrected chi connectivity index (χ3v) is 6.94. The van der Waals surface area contributed by atoms with Gasteiger partial charge >= 0.3 is 0 Å². The van der Waals surface area contributed by atoms with Crippen molar-refractivity contribution in [2.75, 3.05) is 6.54 Å². The Hall–Kier alpha value is -2.98. The van der Waals surface area contributed by atoms with Gasteiger partial charge in [0.05, 0.1) is 0 Å². The molecule has 0 spiro atoms. The Balaban J connectivity index is 1.47. The fraction of sp³-hybridized carbons (Fsp3) is 0.222. The molecule has 3 aromatic carbocycles. The summed E-state index contributed by atoms with van der Waals surface area (Å²) >= 11 is 1.88. The summed E-state index contributed by atoms with van der Waals surface area (Å²) in [6, 6.07) is 24.9. The largest absolute Gasteiger partial charge is 0.350 e. The van der Waals surface area contributed by atoms with Crippen molar-refractivity contribution in [1.29, 1.82) is 0 Å². The lowest BCUT2D eigenvalue weighted by Crippen LogP contribution is -2.27. The van der Waals surface area contributed by atoms with Crippen molar-refractivity contribution in [2.24, 2.45) is 0 Å². The summed E-state index contributed by atoms with van der Waals surface area (Å²) < 4.78 is 2.25. The molecular weight excluding hydrogens is 400 g/mol. The molecule has 0 aliphatic heterocycles. The summed E-state index contributed by atoms with van der Waals surface area (Å²) in [7, 11) is 0. The predicted molar refractivity (Wildman–Crippen MR) is 131 cm³/mol. The van der Waals surface area contributed by atoms with Crippen LogP contribution in [0.2, 0.25) is 0 Å². The Labute approximate surface area is 188 Å². The van der Waals surface area contributed by atoms with Gasteiger partial charge in [-0.1, -0.05) is 54.6 Å². The van der Waals surface area contributed by atoms with Crippen LogP contribution in [0.15, 0.2) is 83.9 Å². The number of aryl methyl sites for hydroxylation is 2. The number of para-hydroxylation sites is 1. The average molecular weight is 429 g/mol. The summed E-state index contributed by atoms with van der Waals surface area (Å²) in [5, 5.41) is 4.69. The number of thioether (sulfide) groups is 1. The number of hydrogen-bond donors (Lipinski definition) is 1. The van der Waals surface area contributed by atoms with Gasteiger partial charge in [-0.3, -0.25) is 4.79 Å². The monoisotopic (exact) mass is 428 g/mol. The third-order valence-electron chi connectivity index (χ3n) is 5.73. The number of hydrogen-bond acceptors (Lipinski definition) is 2. The van der Waals surface area contributed by atoms with Crippen molar-refractivity contribution >= 4 is 28.6 Å². The van der Waals surface area contributed by atoms with Crippen molar-refractivity contribution in [1.82, 2.24) is 9.88 Å². The summed E-state index contributed by atoms with van der Waals surface area (Å²) in [5.41, 5.74) is 5.58. The third kappa shape index (κ3) is 4.86. The van der Waals surface area contributed by atoms with E-state index in [4.69, 9.17) is 0 Å². The van der Waals surface area contributed by atoms with Crippen LogP contribution in [0.3, 0.4) is 0 Å². The number of nitrogens with one attached hydrogen (secondary N) is 1. The number of aromatic nitrogens is 1. The molecule has 0 aliphatic carbocycles. The van der Waals surface area contributed by atoms with Crippen LogP contribution < -0.4 is 5.32 Å². The van der Waals surface area contributed by atoms with Gasteiger partial charge in [-0.2, -0.15) is 0 Å². The summed E-state index contributed by atoms with van der Waals surface area (Å²) in [4.78, 5) is 13.8.